The van der Waals surface area contributed by atoms with Gasteiger partial charge < -0.3 is 0 Å². The molecule has 0 saturated heterocycles. The van der Waals surface area contributed by atoms with Gasteiger partial charge >= 0.3 is 0 Å². The van der Waals surface area contributed by atoms with Gasteiger partial charge in [0.15, 0.2) is 0 Å². The van der Waals surface area contributed by atoms with Crippen LogP contribution in [0.3, 0.4) is 0 Å². The number of benzene rings is 1. The monoisotopic (exact) mass is 171 g/mol. The Balaban J connectivity index is 2.62. The molecule has 0 spiro atoms. The van der Waals surface area contributed by atoms with Gasteiger partial charge in [0.1, 0.15) is 0 Å². The minimum absolute atomic E-state index is 0.504. The normalized spacial score (nSPS) is 11.0. The first-order chi connectivity index (χ1) is 6.27. The quantitative estimate of drug-likeness (QED) is 0.641. The Morgan fingerprint density at radius 2 is 1.77 bits per heavy atom. The summed E-state index contributed by atoms with van der Waals surface area (Å²) in [6.45, 7) is 4.33. The second kappa shape index (κ2) is 3.17. The average molecular weight is 171 g/mol. The van der Waals surface area contributed by atoms with E-state index in [1.165, 1.54) is 11.1 Å². The lowest BCUT2D eigenvalue weighted by Gasteiger charge is -2.04. The number of nitrogens with zero attached hydrogens (tertiary/aromatic N) is 1. The van der Waals surface area contributed by atoms with Crippen molar-refractivity contribution >= 4 is 10.9 Å². The lowest BCUT2D eigenvalue weighted by Crippen LogP contribution is -1.91. The third kappa shape index (κ3) is 1.55. The third-order valence-corrected chi connectivity index (χ3v) is 2.21. The fourth-order valence-electron chi connectivity index (χ4n) is 1.40. The number of hydrogen-bond acceptors (Lipinski definition) is 1. The molecule has 66 valence electrons. The Labute approximate surface area is 78.4 Å². The molecule has 0 aliphatic rings. The molecule has 0 radical (unpaired) electrons. The molecular formula is C12H13N. The number of aromatic nitrogens is 1. The fraction of sp³-hybridized carbons (Fsp3) is 0.250. The second-order valence-corrected chi connectivity index (χ2v) is 3.58. The average Bonchev–Trinajstić information content (AvgIpc) is 2.17. The molecule has 13 heavy (non-hydrogen) atoms. The van der Waals surface area contributed by atoms with Crippen LogP contribution in [0.4, 0.5) is 0 Å². The molecule has 0 atom stereocenters. The van der Waals surface area contributed by atoms with Crippen molar-refractivity contribution in [2.75, 3.05) is 0 Å². The van der Waals surface area contributed by atoms with E-state index in [2.05, 4.69) is 43.1 Å². The first kappa shape index (κ1) is 8.24. The Morgan fingerprint density at radius 1 is 1.00 bits per heavy atom. The van der Waals surface area contributed by atoms with Gasteiger partial charge in [0, 0.05) is 11.1 Å². The van der Waals surface area contributed by atoms with Crippen LogP contribution in [0.5, 0.6) is 0 Å². The summed E-state index contributed by atoms with van der Waals surface area (Å²) in [6.07, 6.45) is 0. The van der Waals surface area contributed by atoms with Gasteiger partial charge in [-0.05, 0) is 18.1 Å². The summed E-state index contributed by atoms with van der Waals surface area (Å²) in [5, 5.41) is 1.21. The summed E-state index contributed by atoms with van der Waals surface area (Å²) in [6, 6.07) is 12.5. The maximum Gasteiger partial charge on any atom is 0.0705 e. The van der Waals surface area contributed by atoms with Crippen molar-refractivity contribution in [2.24, 2.45) is 0 Å². The van der Waals surface area contributed by atoms with E-state index in [0.29, 0.717) is 5.92 Å². The van der Waals surface area contributed by atoms with Gasteiger partial charge in [-0.2, -0.15) is 0 Å². The Bertz CT molecular complexity index is 418. The summed E-state index contributed by atoms with van der Waals surface area (Å²) >= 11 is 0. The van der Waals surface area contributed by atoms with E-state index in [1.54, 1.807) is 0 Å². The Hall–Kier alpha value is -1.37. The molecular weight excluding hydrogens is 158 g/mol. The first-order valence-corrected chi connectivity index (χ1v) is 4.63. The third-order valence-electron chi connectivity index (χ3n) is 2.21. The predicted molar refractivity (Wildman–Crippen MR) is 55.8 cm³/mol. The molecule has 0 bridgehead atoms. The highest BCUT2D eigenvalue weighted by molar-refractivity contribution is 5.78. The molecule has 1 aromatic heterocycles. The van der Waals surface area contributed by atoms with Crippen LogP contribution >= 0.6 is 0 Å². The zero-order valence-electron chi connectivity index (χ0n) is 7.99. The molecule has 2 rings (SSSR count). The largest absolute Gasteiger partial charge is 0.253 e. The Kier molecular flexibility index (Phi) is 2.01. The smallest absolute Gasteiger partial charge is 0.0705 e. The van der Waals surface area contributed by atoms with Crippen molar-refractivity contribution < 1.29 is 0 Å². The van der Waals surface area contributed by atoms with Crippen molar-refractivity contribution in [3.63, 3.8) is 0 Å². The van der Waals surface area contributed by atoms with Crippen molar-refractivity contribution in [1.82, 2.24) is 4.98 Å². The molecule has 0 N–H and O–H groups in total. The molecule has 1 nitrogen and oxygen atoms in total. The van der Waals surface area contributed by atoms with Crippen LogP contribution in [-0.2, 0) is 0 Å². The lowest BCUT2D eigenvalue weighted by molar-refractivity contribution is 0.830. The van der Waals surface area contributed by atoms with Gasteiger partial charge in [0.05, 0.1) is 5.52 Å². The minimum atomic E-state index is 0.504. The molecule has 0 aliphatic carbocycles. The van der Waals surface area contributed by atoms with E-state index in [0.717, 1.165) is 5.52 Å². The molecule has 0 fully saturated rings. The van der Waals surface area contributed by atoms with Crippen LogP contribution in [-0.4, -0.2) is 4.98 Å². The highest BCUT2D eigenvalue weighted by atomic mass is 14.7. The van der Waals surface area contributed by atoms with Gasteiger partial charge in [-0.3, -0.25) is 4.98 Å². The van der Waals surface area contributed by atoms with Gasteiger partial charge in [0.2, 0.25) is 0 Å². The molecule has 0 unspecified atom stereocenters. The summed E-state index contributed by atoms with van der Waals surface area (Å²) < 4.78 is 0. The summed E-state index contributed by atoms with van der Waals surface area (Å²) in [7, 11) is 0. The zero-order chi connectivity index (χ0) is 9.26. The molecule has 1 aromatic carbocycles. The van der Waals surface area contributed by atoms with Crippen LogP contribution in [0.1, 0.15) is 25.5 Å². The standard InChI is InChI=1S/C12H13N/c1-9(2)11-8-7-10-5-3-4-6-12(10)13-11/h3-9H,1-2H3. The van der Waals surface area contributed by atoms with Gasteiger partial charge in [-0.15, -0.1) is 0 Å². The van der Waals surface area contributed by atoms with Gasteiger partial charge in [-0.25, -0.2) is 0 Å². The van der Waals surface area contributed by atoms with E-state index in [-0.39, 0.29) is 0 Å². The van der Waals surface area contributed by atoms with Gasteiger partial charge in [-0.1, -0.05) is 38.1 Å². The van der Waals surface area contributed by atoms with E-state index >= 15 is 0 Å². The second-order valence-electron chi connectivity index (χ2n) is 3.58. The molecule has 1 heterocycles. The zero-order valence-corrected chi connectivity index (χ0v) is 7.99. The van der Waals surface area contributed by atoms with Crippen molar-refractivity contribution in [3.8, 4) is 0 Å². The first-order valence-electron chi connectivity index (χ1n) is 4.63. The van der Waals surface area contributed by atoms with Crippen molar-refractivity contribution in [1.29, 1.82) is 0 Å². The summed E-state index contributed by atoms with van der Waals surface area (Å²) in [5.41, 5.74) is 2.26. The van der Waals surface area contributed by atoms with E-state index in [4.69, 9.17) is 0 Å². The topological polar surface area (TPSA) is 12.9 Å². The summed E-state index contributed by atoms with van der Waals surface area (Å²) in [4.78, 5) is 4.57. The maximum absolute atomic E-state index is 4.57. The molecule has 0 amide bonds. The molecule has 1 heteroatoms. The molecule has 0 saturated carbocycles. The SMILES string of the molecule is CC(C)c1ccc2ccccc2n1. The number of fused-ring (bicyclic) bond motifs is 1. The van der Waals surface area contributed by atoms with E-state index in [9.17, 15) is 0 Å². The van der Waals surface area contributed by atoms with Crippen LogP contribution in [0.2, 0.25) is 0 Å². The van der Waals surface area contributed by atoms with E-state index < -0.39 is 0 Å². The highest BCUT2D eigenvalue weighted by Gasteiger charge is 2.00. The van der Waals surface area contributed by atoms with Crippen LogP contribution in [0, 0.1) is 0 Å². The summed E-state index contributed by atoms with van der Waals surface area (Å²) in [5.74, 6) is 0.504. The fourth-order valence-corrected chi connectivity index (χ4v) is 1.40. The maximum atomic E-state index is 4.57. The molecule has 0 aliphatic heterocycles. The van der Waals surface area contributed by atoms with Crippen molar-refractivity contribution in [2.45, 2.75) is 19.8 Å². The molecule has 2 aromatic rings. The van der Waals surface area contributed by atoms with Crippen LogP contribution < -0.4 is 0 Å². The lowest BCUT2D eigenvalue weighted by atomic mass is 10.1. The Morgan fingerprint density at radius 3 is 2.54 bits per heavy atom. The van der Waals surface area contributed by atoms with Gasteiger partial charge in [0.25, 0.3) is 0 Å². The number of rotatable bonds is 1. The van der Waals surface area contributed by atoms with Crippen LogP contribution in [0.25, 0.3) is 10.9 Å². The number of hydrogen-bond donors (Lipinski definition) is 0. The number of para-hydroxylation sites is 1. The van der Waals surface area contributed by atoms with E-state index in [1.807, 2.05) is 12.1 Å². The number of pyridine rings is 1. The highest BCUT2D eigenvalue weighted by Crippen LogP contribution is 2.16. The van der Waals surface area contributed by atoms with Crippen LogP contribution in [0.15, 0.2) is 36.4 Å². The minimum Gasteiger partial charge on any atom is -0.253 e. The van der Waals surface area contributed by atoms with Crippen molar-refractivity contribution in [3.05, 3.63) is 42.1 Å². The predicted octanol–water partition coefficient (Wildman–Crippen LogP) is 3.36.